The zero-order chi connectivity index (χ0) is 9.40. The van der Waals surface area contributed by atoms with E-state index in [0.717, 1.165) is 4.91 Å². The molecule has 0 unspecified atom stereocenters. The highest BCUT2D eigenvalue weighted by atomic mass is 32.2. The number of hydrogen-bond acceptors (Lipinski definition) is 3. The largest absolute Gasteiger partial charge is 0.302 e. The van der Waals surface area contributed by atoms with E-state index < -0.39 is 0 Å². The summed E-state index contributed by atoms with van der Waals surface area (Å²) >= 11 is 1.31. The zero-order valence-electron chi connectivity index (χ0n) is 6.95. The first-order valence-corrected chi connectivity index (χ1v) is 4.10. The van der Waals surface area contributed by atoms with Gasteiger partial charge in [0.25, 0.3) is 0 Å². The van der Waals surface area contributed by atoms with E-state index in [-0.39, 0.29) is 0 Å². The molecule has 0 aromatic rings. The first-order valence-electron chi connectivity index (χ1n) is 3.22. The summed E-state index contributed by atoms with van der Waals surface area (Å²) in [7, 11) is 0. The molecule has 0 aliphatic rings. The fraction of sp³-hybridized carbons (Fsp3) is 0.125. The van der Waals surface area contributed by atoms with Crippen LogP contribution in [-0.2, 0) is 0 Å². The molecule has 0 aromatic heterocycles. The third-order valence-corrected chi connectivity index (χ3v) is 1.53. The minimum atomic E-state index is 0.606. The molecule has 0 rings (SSSR count). The SMILES string of the molecule is C=NC=NC(=C)/C=C(\C)SC=N. The van der Waals surface area contributed by atoms with Gasteiger partial charge in [0.1, 0.15) is 6.34 Å². The quantitative estimate of drug-likeness (QED) is 0.395. The molecule has 0 aromatic carbocycles. The topological polar surface area (TPSA) is 48.6 Å². The maximum atomic E-state index is 6.82. The van der Waals surface area contributed by atoms with Crippen LogP contribution >= 0.6 is 11.8 Å². The Morgan fingerprint density at radius 1 is 1.58 bits per heavy atom. The molecule has 3 nitrogen and oxygen atoms in total. The second-order valence-electron chi connectivity index (χ2n) is 1.91. The standard InChI is InChI=1S/C8H11N3S/c1-7(11-6-10-3)4-8(2)12-5-9/h4-6,9H,1,3H2,2H3/b8-4+,9-5?,11-6?. The van der Waals surface area contributed by atoms with Gasteiger partial charge in [0.05, 0.1) is 11.2 Å². The molecule has 12 heavy (non-hydrogen) atoms. The molecule has 0 aliphatic carbocycles. The highest BCUT2D eigenvalue weighted by Crippen LogP contribution is 2.13. The molecule has 0 aliphatic heterocycles. The summed E-state index contributed by atoms with van der Waals surface area (Å²) in [5.41, 5.74) is 1.86. The molecule has 0 bridgehead atoms. The third-order valence-electron chi connectivity index (χ3n) is 0.920. The van der Waals surface area contributed by atoms with E-state index in [1.54, 1.807) is 6.08 Å². The summed E-state index contributed by atoms with van der Waals surface area (Å²) < 4.78 is 0. The van der Waals surface area contributed by atoms with Crippen LogP contribution in [-0.4, -0.2) is 18.6 Å². The number of thioether (sulfide) groups is 1. The molecule has 1 N–H and O–H groups in total. The van der Waals surface area contributed by atoms with Gasteiger partial charge >= 0.3 is 0 Å². The van der Waals surface area contributed by atoms with Crippen LogP contribution in [0.15, 0.2) is 33.2 Å². The van der Waals surface area contributed by atoms with Gasteiger partial charge in [0.2, 0.25) is 0 Å². The fourth-order valence-corrected chi connectivity index (χ4v) is 0.904. The van der Waals surface area contributed by atoms with E-state index in [1.165, 1.54) is 23.6 Å². The Bertz CT molecular complexity index is 241. The normalized spacial score (nSPS) is 11.6. The number of rotatable bonds is 5. The van der Waals surface area contributed by atoms with Gasteiger partial charge in [-0.2, -0.15) is 0 Å². The summed E-state index contributed by atoms with van der Waals surface area (Å²) in [5.74, 6) is 0. The van der Waals surface area contributed by atoms with Gasteiger partial charge in [0, 0.05) is 0 Å². The molecule has 0 saturated carbocycles. The Kier molecular flexibility index (Phi) is 5.91. The van der Waals surface area contributed by atoms with Crippen molar-refractivity contribution in [2.24, 2.45) is 9.98 Å². The average molecular weight is 181 g/mol. The van der Waals surface area contributed by atoms with Crippen LogP contribution in [0.1, 0.15) is 6.92 Å². The molecule has 0 radical (unpaired) electrons. The molecule has 0 saturated heterocycles. The van der Waals surface area contributed by atoms with Crippen LogP contribution in [0.5, 0.6) is 0 Å². The van der Waals surface area contributed by atoms with E-state index in [0.29, 0.717) is 5.70 Å². The molecule has 0 spiro atoms. The Morgan fingerprint density at radius 2 is 2.25 bits per heavy atom. The smallest absolute Gasteiger partial charge is 0.115 e. The Hall–Kier alpha value is -1.16. The van der Waals surface area contributed by atoms with Crippen molar-refractivity contribution in [2.75, 3.05) is 0 Å². The second kappa shape index (κ2) is 6.54. The lowest BCUT2D eigenvalue weighted by Crippen LogP contribution is -1.73. The maximum Gasteiger partial charge on any atom is 0.115 e. The van der Waals surface area contributed by atoms with Crippen molar-refractivity contribution in [3.63, 3.8) is 0 Å². The van der Waals surface area contributed by atoms with Gasteiger partial charge in [-0.15, -0.1) is 0 Å². The van der Waals surface area contributed by atoms with E-state index in [1.807, 2.05) is 6.92 Å². The summed E-state index contributed by atoms with van der Waals surface area (Å²) in [6.45, 7) is 8.80. The summed E-state index contributed by atoms with van der Waals surface area (Å²) in [6, 6.07) is 0. The predicted molar refractivity (Wildman–Crippen MR) is 57.3 cm³/mol. The third kappa shape index (κ3) is 5.61. The number of hydrogen-bond donors (Lipinski definition) is 1. The molecule has 64 valence electrons. The van der Waals surface area contributed by atoms with Crippen LogP contribution in [0, 0.1) is 5.41 Å². The van der Waals surface area contributed by atoms with Crippen LogP contribution in [0.25, 0.3) is 0 Å². The van der Waals surface area contributed by atoms with Gasteiger partial charge in [-0.1, -0.05) is 18.3 Å². The highest BCUT2D eigenvalue weighted by molar-refractivity contribution is 8.15. The van der Waals surface area contributed by atoms with Gasteiger partial charge in [-0.05, 0) is 24.6 Å². The minimum Gasteiger partial charge on any atom is -0.302 e. The van der Waals surface area contributed by atoms with Crippen molar-refractivity contribution in [1.29, 1.82) is 5.41 Å². The second-order valence-corrected chi connectivity index (χ2v) is 3.02. The number of allylic oxidation sites excluding steroid dienone is 2. The number of aliphatic imine (C=N–C) groups is 2. The average Bonchev–Trinajstić information content (AvgIpc) is 2.01. The summed E-state index contributed by atoms with van der Waals surface area (Å²) in [5, 5.41) is 6.82. The van der Waals surface area contributed by atoms with Crippen molar-refractivity contribution in [3.8, 4) is 0 Å². The number of nitrogens with one attached hydrogen (secondary N) is 1. The molecule has 4 heteroatoms. The molecule has 0 atom stereocenters. The number of nitrogens with zero attached hydrogens (tertiary/aromatic N) is 2. The fourth-order valence-electron chi connectivity index (χ4n) is 0.514. The van der Waals surface area contributed by atoms with Crippen LogP contribution in [0.3, 0.4) is 0 Å². The lowest BCUT2D eigenvalue weighted by molar-refractivity contribution is 1.42. The van der Waals surface area contributed by atoms with Gasteiger partial charge in [-0.3, -0.25) is 4.99 Å². The van der Waals surface area contributed by atoms with E-state index in [9.17, 15) is 0 Å². The van der Waals surface area contributed by atoms with Crippen molar-refractivity contribution < 1.29 is 0 Å². The molecular formula is C8H11N3S. The van der Waals surface area contributed by atoms with E-state index >= 15 is 0 Å². The Balaban J connectivity index is 4.12. The lowest BCUT2D eigenvalue weighted by atomic mass is 10.4. The highest BCUT2D eigenvalue weighted by Gasteiger charge is 1.87. The van der Waals surface area contributed by atoms with E-state index in [2.05, 4.69) is 23.3 Å². The van der Waals surface area contributed by atoms with Crippen molar-refractivity contribution in [1.82, 2.24) is 0 Å². The summed E-state index contributed by atoms with van der Waals surface area (Å²) in [6.07, 6.45) is 3.11. The lowest BCUT2D eigenvalue weighted by Gasteiger charge is -1.93. The van der Waals surface area contributed by atoms with Gasteiger partial charge in [0.15, 0.2) is 0 Å². The molecular weight excluding hydrogens is 170 g/mol. The van der Waals surface area contributed by atoms with Crippen molar-refractivity contribution >= 4 is 30.4 Å². The predicted octanol–water partition coefficient (Wildman–Crippen LogP) is 2.47. The molecule has 0 fully saturated rings. The first kappa shape index (κ1) is 10.8. The van der Waals surface area contributed by atoms with Crippen LogP contribution in [0.4, 0.5) is 0 Å². The molecule has 0 amide bonds. The van der Waals surface area contributed by atoms with E-state index in [4.69, 9.17) is 5.41 Å². The van der Waals surface area contributed by atoms with Crippen LogP contribution in [0.2, 0.25) is 0 Å². The van der Waals surface area contributed by atoms with Crippen LogP contribution < -0.4 is 0 Å². The van der Waals surface area contributed by atoms with Crippen molar-refractivity contribution in [3.05, 3.63) is 23.3 Å². The van der Waals surface area contributed by atoms with Crippen molar-refractivity contribution in [2.45, 2.75) is 6.92 Å². The Morgan fingerprint density at radius 3 is 2.75 bits per heavy atom. The Labute approximate surface area is 76.5 Å². The van der Waals surface area contributed by atoms with Gasteiger partial charge < -0.3 is 5.41 Å². The van der Waals surface area contributed by atoms with Gasteiger partial charge in [-0.25, -0.2) is 4.99 Å². The molecule has 0 heterocycles. The summed E-state index contributed by atoms with van der Waals surface area (Å²) in [4.78, 5) is 8.27. The monoisotopic (exact) mass is 181 g/mol. The minimum absolute atomic E-state index is 0.606. The maximum absolute atomic E-state index is 6.82. The first-order chi connectivity index (χ1) is 5.70. The zero-order valence-corrected chi connectivity index (χ0v) is 7.77.